The van der Waals surface area contributed by atoms with Gasteiger partial charge in [-0.1, -0.05) is 11.6 Å². The average molecular weight is 295 g/mol. The maximum absolute atomic E-state index is 11.3. The lowest BCUT2D eigenvalue weighted by atomic mass is 10.1. The number of carboxylic acid groups (broad SMARTS) is 1. The van der Waals surface area contributed by atoms with Crippen LogP contribution in [0.4, 0.5) is 5.69 Å². The predicted octanol–water partition coefficient (Wildman–Crippen LogP) is 2.57. The van der Waals surface area contributed by atoms with Gasteiger partial charge in [0.15, 0.2) is 0 Å². The lowest BCUT2D eigenvalue weighted by Crippen LogP contribution is -2.47. The van der Waals surface area contributed by atoms with E-state index < -0.39 is 5.97 Å². The van der Waals surface area contributed by atoms with Crippen molar-refractivity contribution in [1.29, 1.82) is 0 Å². The van der Waals surface area contributed by atoms with E-state index in [1.54, 1.807) is 18.2 Å². The van der Waals surface area contributed by atoms with E-state index in [4.69, 9.17) is 11.6 Å². The second-order valence-corrected chi connectivity index (χ2v) is 6.13. The number of carboxylic acids is 1. The highest BCUT2D eigenvalue weighted by Crippen LogP contribution is 2.31. The largest absolute Gasteiger partial charge is 0.478 e. The lowest BCUT2D eigenvalue weighted by Gasteiger charge is -2.36. The minimum Gasteiger partial charge on any atom is -0.478 e. The molecule has 1 N–H and O–H groups in total. The Labute approximate surface area is 123 Å². The quantitative estimate of drug-likeness (QED) is 0.927. The number of hydrogen-bond donors (Lipinski definition) is 1. The van der Waals surface area contributed by atoms with Gasteiger partial charge in [-0.3, -0.25) is 4.90 Å². The van der Waals surface area contributed by atoms with Gasteiger partial charge in [-0.2, -0.15) is 0 Å². The number of hydrogen-bond acceptors (Lipinski definition) is 3. The molecule has 108 valence electrons. The van der Waals surface area contributed by atoms with E-state index in [-0.39, 0.29) is 0 Å². The summed E-state index contributed by atoms with van der Waals surface area (Å²) in [7, 11) is 0. The molecule has 0 atom stereocenters. The molecular weight excluding hydrogens is 276 g/mol. The predicted molar refractivity (Wildman–Crippen MR) is 79.8 cm³/mol. The molecule has 3 rings (SSSR count). The molecule has 4 nitrogen and oxygen atoms in total. The Morgan fingerprint density at radius 1 is 1.25 bits per heavy atom. The number of rotatable bonds is 4. The third-order valence-electron chi connectivity index (χ3n) is 4.12. The molecule has 20 heavy (non-hydrogen) atoms. The van der Waals surface area contributed by atoms with Crippen molar-refractivity contribution in [3.63, 3.8) is 0 Å². The first kappa shape index (κ1) is 13.7. The monoisotopic (exact) mass is 294 g/mol. The molecule has 1 heterocycles. The molecule has 5 heteroatoms. The molecule has 0 aromatic heterocycles. The fraction of sp³-hybridized carbons (Fsp3) is 0.533. The van der Waals surface area contributed by atoms with Gasteiger partial charge in [-0.05, 0) is 37.0 Å². The van der Waals surface area contributed by atoms with Crippen molar-refractivity contribution in [2.24, 2.45) is 5.92 Å². The first-order valence-corrected chi connectivity index (χ1v) is 7.51. The minimum absolute atomic E-state index is 0.338. The number of aromatic carboxylic acids is 1. The van der Waals surface area contributed by atoms with E-state index in [1.807, 2.05) is 0 Å². The molecule has 0 amide bonds. The van der Waals surface area contributed by atoms with Crippen LogP contribution in [0, 0.1) is 5.92 Å². The van der Waals surface area contributed by atoms with Crippen LogP contribution in [0.15, 0.2) is 18.2 Å². The van der Waals surface area contributed by atoms with Crippen LogP contribution in [0.25, 0.3) is 0 Å². The molecule has 0 bridgehead atoms. The molecule has 0 spiro atoms. The molecule has 1 aliphatic carbocycles. The molecule has 0 unspecified atom stereocenters. The molecule has 0 radical (unpaired) electrons. The summed E-state index contributed by atoms with van der Waals surface area (Å²) in [6.07, 6.45) is 2.75. The zero-order chi connectivity index (χ0) is 14.1. The topological polar surface area (TPSA) is 43.8 Å². The molecule has 2 fully saturated rings. The number of halogens is 1. The fourth-order valence-corrected chi connectivity index (χ4v) is 2.95. The summed E-state index contributed by atoms with van der Waals surface area (Å²) >= 11 is 6.02. The standard InChI is InChI=1S/C15H19ClN2O2/c16-12-3-4-13(15(19)20)14(9-12)18-7-5-17(6-8-18)10-11-1-2-11/h3-4,9,11H,1-2,5-8,10H2,(H,19,20). The van der Waals surface area contributed by atoms with Gasteiger partial charge in [0.05, 0.1) is 11.3 Å². The van der Waals surface area contributed by atoms with Crippen molar-refractivity contribution < 1.29 is 9.90 Å². The van der Waals surface area contributed by atoms with Crippen LogP contribution in [0.5, 0.6) is 0 Å². The smallest absolute Gasteiger partial charge is 0.337 e. The fourth-order valence-electron chi connectivity index (χ4n) is 2.78. The molecule has 1 saturated heterocycles. The minimum atomic E-state index is -0.892. The summed E-state index contributed by atoms with van der Waals surface area (Å²) < 4.78 is 0. The number of benzene rings is 1. The summed E-state index contributed by atoms with van der Waals surface area (Å²) in [5.74, 6) is 0.0133. The molecule has 1 aromatic carbocycles. The number of anilines is 1. The third kappa shape index (κ3) is 3.07. The number of piperazine rings is 1. The van der Waals surface area contributed by atoms with Gasteiger partial charge in [-0.25, -0.2) is 4.79 Å². The molecular formula is C15H19ClN2O2. The van der Waals surface area contributed by atoms with Gasteiger partial charge < -0.3 is 10.0 Å². The second kappa shape index (κ2) is 5.62. The Hall–Kier alpha value is -1.26. The molecule has 1 saturated carbocycles. The second-order valence-electron chi connectivity index (χ2n) is 5.70. The zero-order valence-electron chi connectivity index (χ0n) is 11.4. The Morgan fingerprint density at radius 3 is 2.55 bits per heavy atom. The van der Waals surface area contributed by atoms with Crippen LogP contribution >= 0.6 is 11.6 Å². The van der Waals surface area contributed by atoms with Crippen LogP contribution in [0.1, 0.15) is 23.2 Å². The Morgan fingerprint density at radius 2 is 1.95 bits per heavy atom. The van der Waals surface area contributed by atoms with Crippen LogP contribution in [-0.2, 0) is 0 Å². The van der Waals surface area contributed by atoms with Crippen molar-refractivity contribution in [3.05, 3.63) is 28.8 Å². The van der Waals surface area contributed by atoms with Crippen molar-refractivity contribution in [2.45, 2.75) is 12.8 Å². The van der Waals surface area contributed by atoms with E-state index in [9.17, 15) is 9.90 Å². The molecule has 1 aromatic rings. The van der Waals surface area contributed by atoms with Gasteiger partial charge in [0.2, 0.25) is 0 Å². The first-order valence-electron chi connectivity index (χ1n) is 7.13. The van der Waals surface area contributed by atoms with E-state index >= 15 is 0 Å². The SMILES string of the molecule is O=C(O)c1ccc(Cl)cc1N1CCN(CC2CC2)CC1. The highest BCUT2D eigenvalue weighted by Gasteiger charge is 2.27. The Kier molecular flexibility index (Phi) is 3.85. The Bertz CT molecular complexity index is 509. The third-order valence-corrected chi connectivity index (χ3v) is 4.35. The van der Waals surface area contributed by atoms with Gasteiger partial charge in [0.25, 0.3) is 0 Å². The van der Waals surface area contributed by atoms with Crippen LogP contribution in [0.2, 0.25) is 5.02 Å². The number of nitrogens with zero attached hydrogens (tertiary/aromatic N) is 2. The van der Waals surface area contributed by atoms with Gasteiger partial charge in [-0.15, -0.1) is 0 Å². The van der Waals surface area contributed by atoms with Crippen LogP contribution < -0.4 is 4.90 Å². The highest BCUT2D eigenvalue weighted by molar-refractivity contribution is 6.31. The van der Waals surface area contributed by atoms with Crippen LogP contribution in [0.3, 0.4) is 0 Å². The summed E-state index contributed by atoms with van der Waals surface area (Å²) in [6.45, 7) is 4.94. The van der Waals surface area contributed by atoms with E-state index in [0.717, 1.165) is 37.8 Å². The molecule has 2 aliphatic rings. The number of carbonyl (C=O) groups is 1. The summed E-state index contributed by atoms with van der Waals surface area (Å²) in [5.41, 5.74) is 1.08. The summed E-state index contributed by atoms with van der Waals surface area (Å²) in [6, 6.07) is 5.00. The van der Waals surface area contributed by atoms with Gasteiger partial charge in [0.1, 0.15) is 0 Å². The highest BCUT2D eigenvalue weighted by atomic mass is 35.5. The normalized spacial score (nSPS) is 20.1. The van der Waals surface area contributed by atoms with Crippen molar-refractivity contribution in [1.82, 2.24) is 4.90 Å². The summed E-state index contributed by atoms with van der Waals surface area (Å²) in [5, 5.41) is 9.87. The van der Waals surface area contributed by atoms with E-state index in [0.29, 0.717) is 10.6 Å². The zero-order valence-corrected chi connectivity index (χ0v) is 12.1. The molecule has 1 aliphatic heterocycles. The van der Waals surface area contributed by atoms with Crippen molar-refractivity contribution >= 4 is 23.3 Å². The maximum atomic E-state index is 11.3. The van der Waals surface area contributed by atoms with Gasteiger partial charge >= 0.3 is 5.97 Å². The summed E-state index contributed by atoms with van der Waals surface area (Å²) in [4.78, 5) is 15.9. The van der Waals surface area contributed by atoms with Crippen LogP contribution in [-0.4, -0.2) is 48.7 Å². The Balaban J connectivity index is 1.70. The van der Waals surface area contributed by atoms with Crippen molar-refractivity contribution in [2.75, 3.05) is 37.6 Å². The van der Waals surface area contributed by atoms with E-state index in [2.05, 4.69) is 9.80 Å². The lowest BCUT2D eigenvalue weighted by molar-refractivity contribution is 0.0697. The van der Waals surface area contributed by atoms with Gasteiger partial charge in [0, 0.05) is 37.7 Å². The average Bonchev–Trinajstić information content (AvgIpc) is 3.23. The first-order chi connectivity index (χ1) is 9.63. The maximum Gasteiger partial charge on any atom is 0.337 e. The van der Waals surface area contributed by atoms with E-state index in [1.165, 1.54) is 19.4 Å². The van der Waals surface area contributed by atoms with Crippen molar-refractivity contribution in [3.8, 4) is 0 Å².